The zero-order chi connectivity index (χ0) is 10.6. The molecule has 1 aromatic carbocycles. The van der Waals surface area contributed by atoms with Gasteiger partial charge >= 0.3 is 0 Å². The Morgan fingerprint density at radius 3 is 2.71 bits per heavy atom. The standard InChI is InChI=1S/C10H11NO2S/c1-2-9(14)13-8-6-4-3-5-7(8)10(11)12/h3-6H,2H2,1H3,(H2,11,12). The van der Waals surface area contributed by atoms with Crippen LogP contribution in [0, 0.1) is 0 Å². The minimum Gasteiger partial charge on any atom is -0.449 e. The maximum Gasteiger partial charge on any atom is 0.252 e. The summed E-state index contributed by atoms with van der Waals surface area (Å²) in [5.41, 5.74) is 5.52. The van der Waals surface area contributed by atoms with E-state index in [2.05, 4.69) is 0 Å². The first-order valence-corrected chi connectivity index (χ1v) is 4.65. The van der Waals surface area contributed by atoms with Crippen LogP contribution in [0.5, 0.6) is 5.75 Å². The number of primary amides is 1. The summed E-state index contributed by atoms with van der Waals surface area (Å²) in [7, 11) is 0. The van der Waals surface area contributed by atoms with Crippen LogP contribution in [0.2, 0.25) is 0 Å². The van der Waals surface area contributed by atoms with Crippen molar-refractivity contribution in [2.75, 3.05) is 0 Å². The van der Waals surface area contributed by atoms with E-state index < -0.39 is 5.91 Å². The molecule has 1 amide bonds. The van der Waals surface area contributed by atoms with Crippen molar-refractivity contribution in [2.24, 2.45) is 5.73 Å². The Morgan fingerprint density at radius 2 is 2.14 bits per heavy atom. The van der Waals surface area contributed by atoms with Gasteiger partial charge in [-0.3, -0.25) is 4.79 Å². The summed E-state index contributed by atoms with van der Waals surface area (Å²) in [4.78, 5) is 11.0. The first-order valence-electron chi connectivity index (χ1n) is 4.24. The van der Waals surface area contributed by atoms with Crippen molar-refractivity contribution in [1.29, 1.82) is 0 Å². The molecule has 0 spiro atoms. The number of thiocarbonyl (C=S) groups is 1. The Labute approximate surface area is 87.9 Å². The highest BCUT2D eigenvalue weighted by molar-refractivity contribution is 7.80. The molecule has 3 nitrogen and oxygen atoms in total. The van der Waals surface area contributed by atoms with Gasteiger partial charge in [0.25, 0.3) is 5.91 Å². The number of hydrogen-bond donors (Lipinski definition) is 1. The minimum atomic E-state index is -0.514. The van der Waals surface area contributed by atoms with E-state index in [1.807, 2.05) is 6.92 Å². The molecule has 0 aliphatic carbocycles. The molecule has 0 saturated heterocycles. The van der Waals surface area contributed by atoms with Crippen molar-refractivity contribution >= 4 is 23.2 Å². The number of carbonyl (C=O) groups excluding carboxylic acids is 1. The average molecular weight is 209 g/mol. The van der Waals surface area contributed by atoms with E-state index in [9.17, 15) is 4.79 Å². The van der Waals surface area contributed by atoms with E-state index in [-0.39, 0.29) is 0 Å². The van der Waals surface area contributed by atoms with E-state index in [4.69, 9.17) is 22.7 Å². The second-order valence-electron chi connectivity index (χ2n) is 2.69. The summed E-state index contributed by atoms with van der Waals surface area (Å²) >= 11 is 4.91. The van der Waals surface area contributed by atoms with Crippen LogP contribution in [-0.2, 0) is 0 Å². The van der Waals surface area contributed by atoms with Crippen molar-refractivity contribution in [3.63, 3.8) is 0 Å². The molecule has 74 valence electrons. The molecule has 0 saturated carbocycles. The van der Waals surface area contributed by atoms with Gasteiger partial charge in [-0.2, -0.15) is 0 Å². The van der Waals surface area contributed by atoms with Crippen molar-refractivity contribution in [3.8, 4) is 5.75 Å². The lowest BCUT2D eigenvalue weighted by atomic mass is 10.2. The quantitative estimate of drug-likeness (QED) is 0.773. The molecule has 0 atom stereocenters. The largest absolute Gasteiger partial charge is 0.449 e. The number of benzene rings is 1. The summed E-state index contributed by atoms with van der Waals surface area (Å²) in [6, 6.07) is 6.76. The first-order chi connectivity index (χ1) is 6.65. The predicted molar refractivity (Wildman–Crippen MR) is 58.5 cm³/mol. The van der Waals surface area contributed by atoms with E-state index in [1.54, 1.807) is 24.3 Å². The normalized spacial score (nSPS) is 9.50. The predicted octanol–water partition coefficient (Wildman–Crippen LogP) is 1.90. The molecule has 0 radical (unpaired) electrons. The van der Waals surface area contributed by atoms with E-state index in [0.29, 0.717) is 22.8 Å². The summed E-state index contributed by atoms with van der Waals surface area (Å²) in [5, 5.41) is 0.443. The molecule has 0 aliphatic heterocycles. The Bertz CT molecular complexity index is 363. The highest BCUT2D eigenvalue weighted by Gasteiger charge is 2.09. The summed E-state index contributed by atoms with van der Waals surface area (Å²) in [5.74, 6) is -0.0913. The number of carbonyl (C=O) groups is 1. The lowest BCUT2D eigenvalue weighted by Crippen LogP contribution is -2.14. The van der Waals surface area contributed by atoms with Gasteiger partial charge in [0.1, 0.15) is 5.75 Å². The minimum absolute atomic E-state index is 0.350. The third-order valence-electron chi connectivity index (χ3n) is 1.66. The Balaban J connectivity index is 2.95. The van der Waals surface area contributed by atoms with Crippen molar-refractivity contribution in [1.82, 2.24) is 0 Å². The van der Waals surface area contributed by atoms with Crippen LogP contribution in [0.25, 0.3) is 0 Å². The second-order valence-corrected chi connectivity index (χ2v) is 3.14. The third kappa shape index (κ3) is 2.53. The van der Waals surface area contributed by atoms with E-state index >= 15 is 0 Å². The summed E-state index contributed by atoms with van der Waals surface area (Å²) < 4.78 is 5.29. The van der Waals surface area contributed by atoms with E-state index in [1.165, 1.54) is 0 Å². The van der Waals surface area contributed by atoms with Crippen LogP contribution in [-0.4, -0.2) is 11.0 Å². The lowest BCUT2D eigenvalue weighted by Gasteiger charge is -2.07. The maximum atomic E-state index is 11.0. The number of nitrogens with two attached hydrogens (primary N) is 1. The van der Waals surface area contributed by atoms with Crippen molar-refractivity contribution in [3.05, 3.63) is 29.8 Å². The van der Waals surface area contributed by atoms with Gasteiger partial charge in [0.2, 0.25) is 0 Å². The number of ether oxygens (including phenoxy) is 1. The molecule has 0 aliphatic rings. The van der Waals surface area contributed by atoms with Crippen LogP contribution in [0.15, 0.2) is 24.3 Å². The monoisotopic (exact) mass is 209 g/mol. The Morgan fingerprint density at radius 1 is 1.50 bits per heavy atom. The molecular weight excluding hydrogens is 198 g/mol. The topological polar surface area (TPSA) is 52.3 Å². The van der Waals surface area contributed by atoms with Gasteiger partial charge in [0.05, 0.1) is 5.56 Å². The van der Waals surface area contributed by atoms with Gasteiger partial charge in [0.15, 0.2) is 5.05 Å². The fourth-order valence-corrected chi connectivity index (χ4v) is 1.04. The van der Waals surface area contributed by atoms with Crippen LogP contribution in [0.4, 0.5) is 0 Å². The summed E-state index contributed by atoms with van der Waals surface area (Å²) in [6.07, 6.45) is 0.627. The second kappa shape index (κ2) is 4.72. The Kier molecular flexibility index (Phi) is 3.59. The molecule has 14 heavy (non-hydrogen) atoms. The number of hydrogen-bond acceptors (Lipinski definition) is 3. The SMILES string of the molecule is CCC(=S)Oc1ccccc1C(N)=O. The Hall–Kier alpha value is -1.42. The van der Waals surface area contributed by atoms with Gasteiger partial charge in [0, 0.05) is 6.42 Å². The molecule has 1 aromatic rings. The number of amides is 1. The fraction of sp³-hybridized carbons (Fsp3) is 0.200. The van der Waals surface area contributed by atoms with Crippen LogP contribution in [0.1, 0.15) is 23.7 Å². The maximum absolute atomic E-state index is 11.0. The lowest BCUT2D eigenvalue weighted by molar-refractivity contribution is 0.0998. The fourth-order valence-electron chi connectivity index (χ4n) is 0.954. The van der Waals surface area contributed by atoms with Gasteiger partial charge in [-0.05, 0) is 24.4 Å². The van der Waals surface area contributed by atoms with Gasteiger partial charge in [-0.25, -0.2) is 0 Å². The molecule has 0 fully saturated rings. The highest BCUT2D eigenvalue weighted by Crippen LogP contribution is 2.17. The highest BCUT2D eigenvalue weighted by atomic mass is 32.1. The zero-order valence-corrected chi connectivity index (χ0v) is 8.64. The molecule has 0 bridgehead atoms. The summed E-state index contributed by atoms with van der Waals surface area (Å²) in [6.45, 7) is 1.88. The third-order valence-corrected chi connectivity index (χ3v) is 2.04. The van der Waals surface area contributed by atoms with Gasteiger partial charge < -0.3 is 10.5 Å². The molecule has 0 heterocycles. The van der Waals surface area contributed by atoms with Crippen LogP contribution < -0.4 is 10.5 Å². The molecule has 1 rings (SSSR count). The molecule has 0 aromatic heterocycles. The van der Waals surface area contributed by atoms with Crippen LogP contribution in [0.3, 0.4) is 0 Å². The first kappa shape index (κ1) is 10.7. The van der Waals surface area contributed by atoms with E-state index in [0.717, 1.165) is 0 Å². The van der Waals surface area contributed by atoms with Gasteiger partial charge in [-0.15, -0.1) is 0 Å². The number of para-hydroxylation sites is 1. The zero-order valence-electron chi connectivity index (χ0n) is 7.82. The van der Waals surface area contributed by atoms with Crippen LogP contribution >= 0.6 is 12.2 Å². The van der Waals surface area contributed by atoms with Crippen molar-refractivity contribution in [2.45, 2.75) is 13.3 Å². The smallest absolute Gasteiger partial charge is 0.252 e. The van der Waals surface area contributed by atoms with Gasteiger partial charge in [-0.1, -0.05) is 19.1 Å². The molecule has 0 unspecified atom stereocenters. The molecular formula is C10H11NO2S. The van der Waals surface area contributed by atoms with Crippen molar-refractivity contribution < 1.29 is 9.53 Å². The molecule has 2 N–H and O–H groups in total. The average Bonchev–Trinajstić information content (AvgIpc) is 2.18. The number of rotatable bonds is 3. The molecule has 4 heteroatoms.